The molecule has 0 unspecified atom stereocenters. The van der Waals surface area contributed by atoms with E-state index in [2.05, 4.69) is 10.3 Å². The highest BCUT2D eigenvalue weighted by atomic mass is 32.1. The fourth-order valence-corrected chi connectivity index (χ4v) is 2.45. The summed E-state index contributed by atoms with van der Waals surface area (Å²) < 4.78 is 0. The van der Waals surface area contributed by atoms with Gasteiger partial charge in [0, 0.05) is 29.5 Å². The second-order valence-corrected chi connectivity index (χ2v) is 5.64. The molecule has 6 heteroatoms. The number of carbonyl (C=O) groups is 2. The molecule has 0 fully saturated rings. The van der Waals surface area contributed by atoms with Crippen molar-refractivity contribution in [2.24, 2.45) is 0 Å². The van der Waals surface area contributed by atoms with Crippen LogP contribution in [0.3, 0.4) is 0 Å². The van der Waals surface area contributed by atoms with Gasteiger partial charge in [-0.25, -0.2) is 4.98 Å². The Bertz CT molecular complexity index is 635. The van der Waals surface area contributed by atoms with Crippen molar-refractivity contribution in [3.05, 3.63) is 40.2 Å². The van der Waals surface area contributed by atoms with Crippen molar-refractivity contribution < 1.29 is 14.7 Å². The van der Waals surface area contributed by atoms with Crippen LogP contribution in [-0.4, -0.2) is 28.5 Å². The average Bonchev–Trinajstić information content (AvgIpc) is 2.90. The molecule has 0 bridgehead atoms. The van der Waals surface area contributed by atoms with Gasteiger partial charge in [-0.2, -0.15) is 0 Å². The Labute approximate surface area is 126 Å². The Morgan fingerprint density at radius 2 is 2.00 bits per heavy atom. The predicted octanol–water partition coefficient (Wildman–Crippen LogP) is 2.71. The molecule has 1 aromatic carbocycles. The number of nitrogens with one attached hydrogen (secondary N) is 1. The maximum atomic E-state index is 11.9. The summed E-state index contributed by atoms with van der Waals surface area (Å²) >= 11 is 1.59. The van der Waals surface area contributed by atoms with E-state index in [-0.39, 0.29) is 12.3 Å². The number of nitrogens with zero attached hydrogens (tertiary/aromatic N) is 1. The molecule has 5 nitrogen and oxygen atoms in total. The SMILES string of the molecule is Cc1nc(-c2ccc(C(=O)NCCCC(=O)O)cc2)cs1. The summed E-state index contributed by atoms with van der Waals surface area (Å²) in [6.07, 6.45) is 0.486. The van der Waals surface area contributed by atoms with Crippen LogP contribution in [0.2, 0.25) is 0 Å². The van der Waals surface area contributed by atoms with Gasteiger partial charge in [-0.05, 0) is 25.5 Å². The largest absolute Gasteiger partial charge is 0.481 e. The number of hydrogen-bond donors (Lipinski definition) is 2. The number of carboxylic acid groups (broad SMARTS) is 1. The molecule has 0 saturated carbocycles. The van der Waals surface area contributed by atoms with Gasteiger partial charge in [-0.3, -0.25) is 9.59 Å². The van der Waals surface area contributed by atoms with Crippen LogP contribution in [0.25, 0.3) is 11.3 Å². The van der Waals surface area contributed by atoms with Crippen LogP contribution in [0.4, 0.5) is 0 Å². The van der Waals surface area contributed by atoms with Crippen molar-refractivity contribution in [1.82, 2.24) is 10.3 Å². The number of thiazole rings is 1. The molecule has 0 atom stereocenters. The standard InChI is InChI=1S/C15H16N2O3S/c1-10-17-13(9-21-10)11-4-6-12(7-5-11)15(20)16-8-2-3-14(18)19/h4-7,9H,2-3,8H2,1H3,(H,16,20)(H,18,19). The third-order valence-electron chi connectivity index (χ3n) is 2.91. The van der Waals surface area contributed by atoms with Crippen molar-refractivity contribution in [3.63, 3.8) is 0 Å². The smallest absolute Gasteiger partial charge is 0.303 e. The highest BCUT2D eigenvalue weighted by Gasteiger charge is 2.07. The Kier molecular flexibility index (Phi) is 5.05. The zero-order valence-corrected chi connectivity index (χ0v) is 12.4. The quantitative estimate of drug-likeness (QED) is 0.804. The van der Waals surface area contributed by atoms with Crippen LogP contribution in [-0.2, 0) is 4.79 Å². The van der Waals surface area contributed by atoms with E-state index in [9.17, 15) is 9.59 Å². The molecular formula is C15H16N2O3S. The zero-order chi connectivity index (χ0) is 15.2. The fraction of sp³-hybridized carbons (Fsp3) is 0.267. The van der Waals surface area contributed by atoms with Crippen LogP contribution in [0.15, 0.2) is 29.6 Å². The molecule has 2 N–H and O–H groups in total. The molecule has 0 radical (unpaired) electrons. The lowest BCUT2D eigenvalue weighted by Crippen LogP contribution is -2.24. The summed E-state index contributed by atoms with van der Waals surface area (Å²) in [5.41, 5.74) is 2.44. The van der Waals surface area contributed by atoms with Gasteiger partial charge < -0.3 is 10.4 Å². The minimum Gasteiger partial charge on any atom is -0.481 e. The van der Waals surface area contributed by atoms with Crippen molar-refractivity contribution >= 4 is 23.2 Å². The molecule has 1 amide bonds. The van der Waals surface area contributed by atoms with Gasteiger partial charge in [0.25, 0.3) is 5.91 Å². The number of aromatic nitrogens is 1. The van der Waals surface area contributed by atoms with Gasteiger partial charge in [0.05, 0.1) is 10.7 Å². The summed E-state index contributed by atoms with van der Waals surface area (Å²) in [5.74, 6) is -1.05. The summed E-state index contributed by atoms with van der Waals surface area (Å²) in [6, 6.07) is 7.22. The summed E-state index contributed by atoms with van der Waals surface area (Å²) in [5, 5.41) is 14.2. The number of aryl methyl sites for hydroxylation is 1. The molecule has 0 spiro atoms. The van der Waals surface area contributed by atoms with E-state index in [0.717, 1.165) is 16.3 Å². The van der Waals surface area contributed by atoms with E-state index in [0.29, 0.717) is 18.5 Å². The highest BCUT2D eigenvalue weighted by molar-refractivity contribution is 7.09. The molecule has 1 heterocycles. The number of rotatable bonds is 6. The molecule has 0 saturated heterocycles. The maximum Gasteiger partial charge on any atom is 0.303 e. The second-order valence-electron chi connectivity index (χ2n) is 4.58. The summed E-state index contributed by atoms with van der Waals surface area (Å²) in [4.78, 5) is 26.6. The molecule has 21 heavy (non-hydrogen) atoms. The number of carbonyl (C=O) groups excluding carboxylic acids is 1. The molecule has 2 aromatic rings. The lowest BCUT2D eigenvalue weighted by atomic mass is 10.1. The van der Waals surface area contributed by atoms with Crippen LogP contribution in [0.1, 0.15) is 28.2 Å². The third kappa shape index (κ3) is 4.39. The van der Waals surface area contributed by atoms with Crippen LogP contribution in [0, 0.1) is 6.92 Å². The first-order valence-electron chi connectivity index (χ1n) is 6.59. The van der Waals surface area contributed by atoms with E-state index in [4.69, 9.17) is 5.11 Å². The molecule has 110 valence electrons. The van der Waals surface area contributed by atoms with E-state index >= 15 is 0 Å². The monoisotopic (exact) mass is 304 g/mol. The van der Waals surface area contributed by atoms with Gasteiger partial charge in [0.15, 0.2) is 0 Å². The number of carboxylic acids is 1. The van der Waals surface area contributed by atoms with Gasteiger partial charge in [-0.1, -0.05) is 12.1 Å². The number of aliphatic carboxylic acids is 1. The van der Waals surface area contributed by atoms with E-state index in [1.54, 1.807) is 23.5 Å². The minimum atomic E-state index is -0.854. The first-order chi connectivity index (χ1) is 10.1. The molecule has 0 aliphatic rings. The Morgan fingerprint density at radius 1 is 1.29 bits per heavy atom. The molecule has 0 aliphatic carbocycles. The molecular weight excluding hydrogens is 288 g/mol. The van der Waals surface area contributed by atoms with E-state index < -0.39 is 5.97 Å². The Balaban J connectivity index is 1.92. The van der Waals surface area contributed by atoms with Crippen LogP contribution < -0.4 is 5.32 Å². The number of amides is 1. The maximum absolute atomic E-state index is 11.9. The number of hydrogen-bond acceptors (Lipinski definition) is 4. The van der Waals surface area contributed by atoms with Crippen LogP contribution >= 0.6 is 11.3 Å². The Morgan fingerprint density at radius 3 is 2.57 bits per heavy atom. The lowest BCUT2D eigenvalue weighted by Gasteiger charge is -2.05. The minimum absolute atomic E-state index is 0.0579. The van der Waals surface area contributed by atoms with Gasteiger partial charge in [0.1, 0.15) is 0 Å². The predicted molar refractivity (Wildman–Crippen MR) is 81.5 cm³/mol. The van der Waals surface area contributed by atoms with Crippen molar-refractivity contribution in [2.45, 2.75) is 19.8 Å². The Hall–Kier alpha value is -2.21. The van der Waals surface area contributed by atoms with Crippen molar-refractivity contribution in [3.8, 4) is 11.3 Å². The normalized spacial score (nSPS) is 10.3. The van der Waals surface area contributed by atoms with Gasteiger partial charge in [-0.15, -0.1) is 11.3 Å². The van der Waals surface area contributed by atoms with Crippen molar-refractivity contribution in [1.29, 1.82) is 0 Å². The zero-order valence-electron chi connectivity index (χ0n) is 11.6. The lowest BCUT2D eigenvalue weighted by molar-refractivity contribution is -0.137. The second kappa shape index (κ2) is 6.99. The van der Waals surface area contributed by atoms with E-state index in [1.165, 1.54) is 0 Å². The van der Waals surface area contributed by atoms with E-state index in [1.807, 2.05) is 24.4 Å². The summed E-state index contributed by atoms with van der Waals surface area (Å²) in [6.45, 7) is 2.31. The first-order valence-corrected chi connectivity index (χ1v) is 7.47. The first kappa shape index (κ1) is 15.2. The summed E-state index contributed by atoms with van der Waals surface area (Å²) in [7, 11) is 0. The molecule has 0 aliphatic heterocycles. The highest BCUT2D eigenvalue weighted by Crippen LogP contribution is 2.21. The molecule has 1 aromatic heterocycles. The molecule has 2 rings (SSSR count). The van der Waals surface area contributed by atoms with Gasteiger partial charge in [0.2, 0.25) is 0 Å². The topological polar surface area (TPSA) is 79.3 Å². The van der Waals surface area contributed by atoms with Crippen LogP contribution in [0.5, 0.6) is 0 Å². The third-order valence-corrected chi connectivity index (χ3v) is 3.69. The number of benzene rings is 1. The fourth-order valence-electron chi connectivity index (χ4n) is 1.83. The average molecular weight is 304 g/mol. The van der Waals surface area contributed by atoms with Crippen molar-refractivity contribution in [2.75, 3.05) is 6.54 Å². The van der Waals surface area contributed by atoms with Gasteiger partial charge >= 0.3 is 5.97 Å².